The highest BCUT2D eigenvalue weighted by atomic mass is 16.4. The maximum Gasteiger partial charge on any atom is 0.308 e. The molecular formula is C11H16N2O2. The quantitative estimate of drug-likeness (QED) is 0.768. The SMILES string of the molecule is CCC(C(=O)O)C(NC)c1cccnc1. The standard InChI is InChI=1S/C11H16N2O2/c1-3-9(11(14)15)10(12-2)8-5-4-6-13-7-8/h4-7,9-10,12H,3H2,1-2H3,(H,14,15). The van der Waals surface area contributed by atoms with Gasteiger partial charge in [0, 0.05) is 18.4 Å². The van der Waals surface area contributed by atoms with E-state index in [0.29, 0.717) is 6.42 Å². The molecule has 2 atom stereocenters. The number of aromatic nitrogens is 1. The summed E-state index contributed by atoms with van der Waals surface area (Å²) >= 11 is 0. The molecule has 0 fully saturated rings. The van der Waals surface area contributed by atoms with E-state index in [2.05, 4.69) is 10.3 Å². The van der Waals surface area contributed by atoms with E-state index < -0.39 is 11.9 Å². The van der Waals surface area contributed by atoms with Crippen molar-refractivity contribution in [2.75, 3.05) is 7.05 Å². The van der Waals surface area contributed by atoms with Gasteiger partial charge in [0.25, 0.3) is 0 Å². The van der Waals surface area contributed by atoms with Gasteiger partial charge in [0.2, 0.25) is 0 Å². The van der Waals surface area contributed by atoms with E-state index >= 15 is 0 Å². The average molecular weight is 208 g/mol. The van der Waals surface area contributed by atoms with E-state index in [-0.39, 0.29) is 6.04 Å². The van der Waals surface area contributed by atoms with Crippen LogP contribution in [0.4, 0.5) is 0 Å². The molecule has 0 amide bonds. The number of hydrogen-bond donors (Lipinski definition) is 2. The molecule has 0 aliphatic carbocycles. The zero-order chi connectivity index (χ0) is 11.3. The van der Waals surface area contributed by atoms with Gasteiger partial charge in [0.05, 0.1) is 5.92 Å². The van der Waals surface area contributed by atoms with Crippen LogP contribution in [0.5, 0.6) is 0 Å². The van der Waals surface area contributed by atoms with Crippen molar-refractivity contribution in [1.82, 2.24) is 10.3 Å². The Balaban J connectivity index is 2.92. The number of nitrogens with zero attached hydrogens (tertiary/aromatic N) is 1. The summed E-state index contributed by atoms with van der Waals surface area (Å²) < 4.78 is 0. The van der Waals surface area contributed by atoms with Gasteiger partial charge in [-0.05, 0) is 25.1 Å². The molecule has 2 unspecified atom stereocenters. The number of aliphatic carboxylic acids is 1. The Labute approximate surface area is 89.3 Å². The molecule has 2 N–H and O–H groups in total. The van der Waals surface area contributed by atoms with Crippen molar-refractivity contribution in [1.29, 1.82) is 0 Å². The smallest absolute Gasteiger partial charge is 0.308 e. The predicted molar refractivity (Wildman–Crippen MR) is 57.5 cm³/mol. The molecule has 0 aromatic carbocycles. The summed E-state index contributed by atoms with van der Waals surface area (Å²) in [5.74, 6) is -1.19. The predicted octanol–water partition coefficient (Wildman–Crippen LogP) is 1.45. The highest BCUT2D eigenvalue weighted by molar-refractivity contribution is 5.71. The zero-order valence-electron chi connectivity index (χ0n) is 8.97. The fraction of sp³-hybridized carbons (Fsp3) is 0.455. The van der Waals surface area contributed by atoms with Gasteiger partial charge in [0.15, 0.2) is 0 Å². The molecule has 0 aliphatic rings. The van der Waals surface area contributed by atoms with Crippen molar-refractivity contribution in [3.05, 3.63) is 30.1 Å². The van der Waals surface area contributed by atoms with Crippen LogP contribution in [-0.4, -0.2) is 23.1 Å². The van der Waals surface area contributed by atoms with Crippen LogP contribution in [-0.2, 0) is 4.79 Å². The normalized spacial score (nSPS) is 14.5. The Bertz CT molecular complexity index is 314. The van der Waals surface area contributed by atoms with Gasteiger partial charge in [-0.1, -0.05) is 13.0 Å². The van der Waals surface area contributed by atoms with E-state index in [1.807, 2.05) is 19.1 Å². The minimum atomic E-state index is -0.777. The van der Waals surface area contributed by atoms with Crippen LogP contribution in [0.1, 0.15) is 24.9 Å². The number of carboxylic acid groups (broad SMARTS) is 1. The fourth-order valence-electron chi connectivity index (χ4n) is 1.71. The van der Waals surface area contributed by atoms with Gasteiger partial charge in [0.1, 0.15) is 0 Å². The second-order valence-electron chi connectivity index (χ2n) is 3.41. The number of carboxylic acids is 1. The van der Waals surface area contributed by atoms with Crippen LogP contribution >= 0.6 is 0 Å². The van der Waals surface area contributed by atoms with Crippen molar-refractivity contribution in [3.8, 4) is 0 Å². The average Bonchev–Trinajstić information content (AvgIpc) is 2.26. The molecule has 15 heavy (non-hydrogen) atoms. The van der Waals surface area contributed by atoms with Gasteiger partial charge in [-0.25, -0.2) is 0 Å². The molecule has 0 aliphatic heterocycles. The van der Waals surface area contributed by atoms with E-state index in [1.165, 1.54) is 0 Å². The summed E-state index contributed by atoms with van der Waals surface area (Å²) in [7, 11) is 1.77. The highest BCUT2D eigenvalue weighted by Crippen LogP contribution is 2.23. The Morgan fingerprint density at radius 1 is 1.67 bits per heavy atom. The molecule has 1 aromatic heterocycles. The molecule has 0 bridgehead atoms. The summed E-state index contributed by atoms with van der Waals surface area (Å²) in [6.07, 6.45) is 3.97. The maximum absolute atomic E-state index is 11.0. The fourth-order valence-corrected chi connectivity index (χ4v) is 1.71. The third kappa shape index (κ3) is 2.76. The highest BCUT2D eigenvalue weighted by Gasteiger charge is 2.26. The molecule has 4 nitrogen and oxygen atoms in total. The topological polar surface area (TPSA) is 62.2 Å². The second kappa shape index (κ2) is 5.46. The van der Waals surface area contributed by atoms with Crippen molar-refractivity contribution >= 4 is 5.97 Å². The molecule has 0 spiro atoms. The van der Waals surface area contributed by atoms with Crippen molar-refractivity contribution in [2.45, 2.75) is 19.4 Å². The zero-order valence-corrected chi connectivity index (χ0v) is 8.97. The monoisotopic (exact) mass is 208 g/mol. The lowest BCUT2D eigenvalue weighted by Gasteiger charge is -2.22. The molecule has 0 saturated heterocycles. The largest absolute Gasteiger partial charge is 0.481 e. The number of nitrogens with one attached hydrogen (secondary N) is 1. The molecular weight excluding hydrogens is 192 g/mol. The maximum atomic E-state index is 11.0. The van der Waals surface area contributed by atoms with Gasteiger partial charge >= 0.3 is 5.97 Å². The summed E-state index contributed by atoms with van der Waals surface area (Å²) in [6, 6.07) is 3.52. The van der Waals surface area contributed by atoms with Crippen LogP contribution in [0, 0.1) is 5.92 Å². The van der Waals surface area contributed by atoms with Crippen molar-refractivity contribution in [2.24, 2.45) is 5.92 Å². The van der Waals surface area contributed by atoms with E-state index in [4.69, 9.17) is 5.11 Å². The Morgan fingerprint density at radius 3 is 2.80 bits per heavy atom. The van der Waals surface area contributed by atoms with E-state index in [1.54, 1.807) is 19.4 Å². The molecule has 82 valence electrons. The van der Waals surface area contributed by atoms with Crippen LogP contribution in [0.25, 0.3) is 0 Å². The summed E-state index contributed by atoms with van der Waals surface area (Å²) in [6.45, 7) is 1.87. The Hall–Kier alpha value is -1.42. The van der Waals surface area contributed by atoms with E-state index in [0.717, 1.165) is 5.56 Å². The Kier molecular flexibility index (Phi) is 4.24. The second-order valence-corrected chi connectivity index (χ2v) is 3.41. The third-order valence-electron chi connectivity index (χ3n) is 2.51. The molecule has 4 heteroatoms. The van der Waals surface area contributed by atoms with Crippen LogP contribution in [0.3, 0.4) is 0 Å². The minimum absolute atomic E-state index is 0.179. The van der Waals surface area contributed by atoms with Crippen molar-refractivity contribution < 1.29 is 9.90 Å². The van der Waals surface area contributed by atoms with Crippen LogP contribution in [0.2, 0.25) is 0 Å². The summed E-state index contributed by atoms with van der Waals surface area (Å²) in [5, 5.41) is 12.1. The number of hydrogen-bond acceptors (Lipinski definition) is 3. The molecule has 1 aromatic rings. The van der Waals surface area contributed by atoms with Crippen LogP contribution in [0.15, 0.2) is 24.5 Å². The lowest BCUT2D eigenvalue weighted by molar-refractivity contribution is -0.143. The third-order valence-corrected chi connectivity index (χ3v) is 2.51. The summed E-state index contributed by atoms with van der Waals surface area (Å²) in [4.78, 5) is 15.0. The first-order chi connectivity index (χ1) is 7.20. The summed E-state index contributed by atoms with van der Waals surface area (Å²) in [5.41, 5.74) is 0.911. The number of pyridine rings is 1. The van der Waals surface area contributed by atoms with Gasteiger partial charge in [-0.3, -0.25) is 9.78 Å². The first-order valence-corrected chi connectivity index (χ1v) is 5.00. The minimum Gasteiger partial charge on any atom is -0.481 e. The van der Waals surface area contributed by atoms with Crippen LogP contribution < -0.4 is 5.32 Å². The number of carbonyl (C=O) groups is 1. The molecule has 0 saturated carbocycles. The first kappa shape index (κ1) is 11.7. The van der Waals surface area contributed by atoms with Gasteiger partial charge in [-0.15, -0.1) is 0 Å². The number of rotatable bonds is 5. The molecule has 1 heterocycles. The molecule has 0 radical (unpaired) electrons. The lowest BCUT2D eigenvalue weighted by atomic mass is 9.92. The van der Waals surface area contributed by atoms with Gasteiger partial charge < -0.3 is 10.4 Å². The van der Waals surface area contributed by atoms with E-state index in [9.17, 15) is 4.79 Å². The van der Waals surface area contributed by atoms with Crippen molar-refractivity contribution in [3.63, 3.8) is 0 Å². The Morgan fingerprint density at radius 2 is 2.40 bits per heavy atom. The van der Waals surface area contributed by atoms with Gasteiger partial charge in [-0.2, -0.15) is 0 Å². The molecule has 1 rings (SSSR count). The lowest BCUT2D eigenvalue weighted by Crippen LogP contribution is -2.30. The first-order valence-electron chi connectivity index (χ1n) is 5.00.